The molecule has 1 amide bonds. The second-order valence-corrected chi connectivity index (χ2v) is 4.78. The van der Waals surface area contributed by atoms with E-state index >= 15 is 0 Å². The van der Waals surface area contributed by atoms with Crippen LogP contribution < -0.4 is 11.1 Å². The van der Waals surface area contributed by atoms with E-state index in [0.717, 1.165) is 22.8 Å². The van der Waals surface area contributed by atoms with Gasteiger partial charge in [0, 0.05) is 23.7 Å². The fraction of sp³-hybridized carbons (Fsp3) is 0.308. The summed E-state index contributed by atoms with van der Waals surface area (Å²) in [5.41, 5.74) is 7.27. The molecule has 3 N–H and O–H groups in total. The number of nitrogens with one attached hydrogen (secondary N) is 1. The summed E-state index contributed by atoms with van der Waals surface area (Å²) in [6, 6.07) is 7.37. The van der Waals surface area contributed by atoms with E-state index in [1.807, 2.05) is 30.3 Å². The van der Waals surface area contributed by atoms with E-state index in [1.165, 1.54) is 0 Å². The molecule has 1 aromatic rings. The first-order valence-corrected chi connectivity index (χ1v) is 6.67. The van der Waals surface area contributed by atoms with Crippen molar-refractivity contribution in [1.29, 1.82) is 0 Å². The first kappa shape index (κ1) is 13.6. The van der Waals surface area contributed by atoms with Gasteiger partial charge in [-0.2, -0.15) is 11.8 Å². The third-order valence-electron chi connectivity index (χ3n) is 2.15. The lowest BCUT2D eigenvalue weighted by molar-refractivity contribution is -0.120. The number of benzene rings is 1. The Balaban J connectivity index is 2.20. The Labute approximate surface area is 106 Å². The highest BCUT2D eigenvalue weighted by atomic mass is 32.2. The van der Waals surface area contributed by atoms with E-state index < -0.39 is 0 Å². The van der Waals surface area contributed by atoms with Crippen LogP contribution in [-0.4, -0.2) is 24.0 Å². The molecule has 0 unspecified atom stereocenters. The van der Waals surface area contributed by atoms with Crippen molar-refractivity contribution >= 4 is 23.4 Å². The minimum absolute atomic E-state index is 0.0500. The van der Waals surface area contributed by atoms with Crippen molar-refractivity contribution in [2.75, 3.05) is 23.8 Å². The van der Waals surface area contributed by atoms with Gasteiger partial charge in [-0.1, -0.05) is 18.2 Å². The van der Waals surface area contributed by atoms with Gasteiger partial charge in [0.15, 0.2) is 0 Å². The van der Waals surface area contributed by atoms with Crippen molar-refractivity contribution in [3.63, 3.8) is 0 Å². The Bertz CT molecular complexity index is 362. The molecule has 0 saturated heterocycles. The van der Waals surface area contributed by atoms with Crippen LogP contribution in [0.15, 0.2) is 36.9 Å². The first-order chi connectivity index (χ1) is 8.22. The Morgan fingerprint density at radius 3 is 2.76 bits per heavy atom. The fourth-order valence-corrected chi connectivity index (χ4v) is 1.89. The summed E-state index contributed by atoms with van der Waals surface area (Å²) in [4.78, 5) is 11.6. The maximum Gasteiger partial charge on any atom is 0.224 e. The number of hydrogen-bond donors (Lipinski definition) is 2. The van der Waals surface area contributed by atoms with E-state index in [-0.39, 0.29) is 5.91 Å². The van der Waals surface area contributed by atoms with E-state index in [1.54, 1.807) is 11.8 Å². The highest BCUT2D eigenvalue weighted by Crippen LogP contribution is 2.06. The van der Waals surface area contributed by atoms with Gasteiger partial charge in [-0.05, 0) is 17.7 Å². The minimum atomic E-state index is 0.0500. The van der Waals surface area contributed by atoms with Gasteiger partial charge in [-0.3, -0.25) is 4.79 Å². The number of hydrogen-bond acceptors (Lipinski definition) is 3. The first-order valence-electron chi connectivity index (χ1n) is 5.52. The normalized spacial score (nSPS) is 9.88. The molecular formula is C13H18N2OS. The van der Waals surface area contributed by atoms with Crippen LogP contribution in [0.25, 0.3) is 0 Å². The molecule has 0 atom stereocenters. The molecule has 0 aromatic heterocycles. The molecular weight excluding hydrogens is 232 g/mol. The average molecular weight is 250 g/mol. The van der Waals surface area contributed by atoms with Crippen LogP contribution >= 0.6 is 11.8 Å². The number of nitrogens with two attached hydrogens (primary N) is 1. The molecule has 3 nitrogen and oxygen atoms in total. The Morgan fingerprint density at radius 1 is 1.41 bits per heavy atom. The highest BCUT2D eigenvalue weighted by molar-refractivity contribution is 7.99. The van der Waals surface area contributed by atoms with Gasteiger partial charge in [-0.15, -0.1) is 6.58 Å². The zero-order valence-corrected chi connectivity index (χ0v) is 10.6. The molecule has 4 heteroatoms. The fourth-order valence-electron chi connectivity index (χ4n) is 1.31. The second kappa shape index (κ2) is 7.79. The topological polar surface area (TPSA) is 55.1 Å². The van der Waals surface area contributed by atoms with Crippen LogP contribution in [-0.2, 0) is 11.2 Å². The summed E-state index contributed by atoms with van der Waals surface area (Å²) >= 11 is 1.75. The summed E-state index contributed by atoms with van der Waals surface area (Å²) in [7, 11) is 0. The van der Waals surface area contributed by atoms with Crippen molar-refractivity contribution in [2.45, 2.75) is 6.42 Å². The monoisotopic (exact) mass is 250 g/mol. The van der Waals surface area contributed by atoms with E-state index in [4.69, 9.17) is 5.73 Å². The van der Waals surface area contributed by atoms with Gasteiger partial charge < -0.3 is 11.1 Å². The molecule has 0 saturated carbocycles. The number of thioether (sulfide) groups is 1. The highest BCUT2D eigenvalue weighted by Gasteiger charge is 2.02. The third kappa shape index (κ3) is 6.02. The summed E-state index contributed by atoms with van der Waals surface area (Å²) in [5, 5.41) is 2.88. The lowest BCUT2D eigenvalue weighted by atomic mass is 10.1. The van der Waals surface area contributed by atoms with Crippen molar-refractivity contribution in [3.8, 4) is 0 Å². The molecule has 0 aliphatic rings. The quantitative estimate of drug-likeness (QED) is 0.441. The zero-order chi connectivity index (χ0) is 12.5. The van der Waals surface area contributed by atoms with Gasteiger partial charge in [-0.25, -0.2) is 0 Å². The molecule has 0 radical (unpaired) electrons. The smallest absolute Gasteiger partial charge is 0.224 e. The van der Waals surface area contributed by atoms with Gasteiger partial charge >= 0.3 is 0 Å². The van der Waals surface area contributed by atoms with Crippen LogP contribution in [0.1, 0.15) is 5.56 Å². The Morgan fingerprint density at radius 2 is 2.12 bits per heavy atom. The molecule has 92 valence electrons. The minimum Gasteiger partial charge on any atom is -0.399 e. The SMILES string of the molecule is C=CCSCCNC(=O)Cc1ccc(N)cc1. The summed E-state index contributed by atoms with van der Waals surface area (Å²) in [6.45, 7) is 4.34. The zero-order valence-electron chi connectivity index (χ0n) is 9.82. The van der Waals surface area contributed by atoms with Gasteiger partial charge in [0.25, 0.3) is 0 Å². The van der Waals surface area contributed by atoms with Gasteiger partial charge in [0.1, 0.15) is 0 Å². The molecule has 0 spiro atoms. The van der Waals surface area contributed by atoms with Crippen LogP contribution in [0.3, 0.4) is 0 Å². The van der Waals surface area contributed by atoms with E-state index in [0.29, 0.717) is 13.0 Å². The number of rotatable bonds is 7. The lowest BCUT2D eigenvalue weighted by Crippen LogP contribution is -2.27. The molecule has 0 aliphatic carbocycles. The van der Waals surface area contributed by atoms with Crippen molar-refractivity contribution in [1.82, 2.24) is 5.32 Å². The maximum atomic E-state index is 11.6. The summed E-state index contributed by atoms with van der Waals surface area (Å²) in [5.74, 6) is 1.89. The second-order valence-electron chi connectivity index (χ2n) is 3.63. The van der Waals surface area contributed by atoms with Crippen LogP contribution in [0, 0.1) is 0 Å². The Hall–Kier alpha value is -1.42. The predicted octanol–water partition coefficient (Wildman–Crippen LogP) is 1.85. The van der Waals surface area contributed by atoms with Crippen LogP contribution in [0.2, 0.25) is 0 Å². The van der Waals surface area contributed by atoms with Crippen LogP contribution in [0.4, 0.5) is 5.69 Å². The number of carbonyl (C=O) groups excluding carboxylic acids is 1. The third-order valence-corrected chi connectivity index (χ3v) is 3.11. The molecule has 1 aromatic carbocycles. The van der Waals surface area contributed by atoms with Crippen molar-refractivity contribution in [3.05, 3.63) is 42.5 Å². The standard InChI is InChI=1S/C13H18N2OS/c1-2-8-17-9-7-15-13(16)10-11-3-5-12(14)6-4-11/h2-6H,1,7-10,14H2,(H,15,16). The molecule has 1 rings (SSSR count). The lowest BCUT2D eigenvalue weighted by Gasteiger charge is -2.05. The van der Waals surface area contributed by atoms with E-state index in [2.05, 4.69) is 11.9 Å². The molecule has 0 fully saturated rings. The van der Waals surface area contributed by atoms with Gasteiger partial charge in [0.05, 0.1) is 6.42 Å². The van der Waals surface area contributed by atoms with Crippen LogP contribution in [0.5, 0.6) is 0 Å². The molecule has 0 aliphatic heterocycles. The van der Waals surface area contributed by atoms with Crippen molar-refractivity contribution < 1.29 is 4.79 Å². The summed E-state index contributed by atoms with van der Waals surface area (Å²) < 4.78 is 0. The maximum absolute atomic E-state index is 11.6. The molecule has 17 heavy (non-hydrogen) atoms. The number of amides is 1. The summed E-state index contributed by atoms with van der Waals surface area (Å²) in [6.07, 6.45) is 2.27. The largest absolute Gasteiger partial charge is 0.399 e. The number of anilines is 1. The molecule has 0 bridgehead atoms. The average Bonchev–Trinajstić information content (AvgIpc) is 2.32. The number of nitrogen functional groups attached to an aromatic ring is 1. The van der Waals surface area contributed by atoms with Crippen molar-refractivity contribution in [2.24, 2.45) is 0 Å². The van der Waals surface area contributed by atoms with E-state index in [9.17, 15) is 4.79 Å². The predicted molar refractivity (Wildman–Crippen MR) is 75.1 cm³/mol. The number of carbonyl (C=O) groups is 1. The molecule has 0 heterocycles. The van der Waals surface area contributed by atoms with Gasteiger partial charge in [0.2, 0.25) is 5.91 Å². The Kier molecular flexibility index (Phi) is 6.25.